The minimum atomic E-state index is -0.314. The quantitative estimate of drug-likeness (QED) is 0.703. The summed E-state index contributed by atoms with van der Waals surface area (Å²) in [7, 11) is 0. The zero-order chi connectivity index (χ0) is 17.9. The zero-order valence-corrected chi connectivity index (χ0v) is 14.9. The van der Waals surface area contributed by atoms with E-state index in [4.69, 9.17) is 4.42 Å². The molecule has 5 nitrogen and oxygen atoms in total. The number of rotatable bonds is 6. The maximum Gasteiger partial charge on any atom is 0.291 e. The molecular formula is C20H18N2O3S. The molecule has 1 aromatic carbocycles. The van der Waals surface area contributed by atoms with E-state index in [1.165, 1.54) is 11.1 Å². The molecule has 0 radical (unpaired) electrons. The average molecular weight is 366 g/mol. The maximum atomic E-state index is 12.9. The van der Waals surface area contributed by atoms with E-state index in [0.29, 0.717) is 23.8 Å². The van der Waals surface area contributed by atoms with E-state index in [-0.39, 0.29) is 17.6 Å². The number of hydrogen-bond donors (Lipinski definition) is 1. The maximum absolute atomic E-state index is 12.9. The van der Waals surface area contributed by atoms with E-state index >= 15 is 0 Å². The summed E-state index contributed by atoms with van der Waals surface area (Å²) < 4.78 is 5.07. The summed E-state index contributed by atoms with van der Waals surface area (Å²) in [4.78, 5) is 28.0. The van der Waals surface area contributed by atoms with E-state index in [9.17, 15) is 9.59 Å². The van der Waals surface area contributed by atoms with Crippen molar-refractivity contribution in [3.05, 3.63) is 76.4 Å². The Morgan fingerprint density at radius 3 is 2.54 bits per heavy atom. The number of carbonyl (C=O) groups is 2. The van der Waals surface area contributed by atoms with Gasteiger partial charge in [0.15, 0.2) is 5.76 Å². The molecule has 1 aliphatic carbocycles. The summed E-state index contributed by atoms with van der Waals surface area (Å²) in [6.07, 6.45) is 3.58. The third kappa shape index (κ3) is 3.70. The monoisotopic (exact) mass is 366 g/mol. The predicted molar refractivity (Wildman–Crippen MR) is 100 cm³/mol. The molecule has 2 heterocycles. The molecule has 3 aromatic rings. The van der Waals surface area contributed by atoms with Gasteiger partial charge in [0.2, 0.25) is 0 Å². The third-order valence-electron chi connectivity index (χ3n) is 4.29. The van der Waals surface area contributed by atoms with Gasteiger partial charge >= 0.3 is 0 Å². The molecule has 1 aliphatic rings. The molecule has 0 bridgehead atoms. The van der Waals surface area contributed by atoms with Crippen molar-refractivity contribution >= 4 is 28.8 Å². The molecule has 0 saturated heterocycles. The van der Waals surface area contributed by atoms with Crippen molar-refractivity contribution in [1.29, 1.82) is 0 Å². The Morgan fingerprint density at radius 1 is 1.12 bits per heavy atom. The Bertz CT molecular complexity index is 882. The van der Waals surface area contributed by atoms with E-state index in [1.54, 1.807) is 47.7 Å². The van der Waals surface area contributed by atoms with Crippen LogP contribution >= 0.6 is 11.3 Å². The molecule has 2 aromatic heterocycles. The summed E-state index contributed by atoms with van der Waals surface area (Å²) in [5.41, 5.74) is 1.25. The van der Waals surface area contributed by atoms with Crippen molar-refractivity contribution < 1.29 is 14.0 Å². The van der Waals surface area contributed by atoms with E-state index in [2.05, 4.69) is 11.4 Å². The van der Waals surface area contributed by atoms with Crippen LogP contribution in [0.1, 0.15) is 38.6 Å². The molecule has 2 amide bonds. The predicted octanol–water partition coefficient (Wildman–Crippen LogP) is 4.40. The van der Waals surface area contributed by atoms with Crippen LogP contribution in [0, 0.1) is 0 Å². The second-order valence-electron chi connectivity index (χ2n) is 6.25. The number of anilines is 1. The first-order valence-electron chi connectivity index (χ1n) is 8.49. The fourth-order valence-electron chi connectivity index (χ4n) is 2.79. The lowest BCUT2D eigenvalue weighted by atomic mass is 10.1. The Kier molecular flexibility index (Phi) is 4.58. The van der Waals surface area contributed by atoms with Crippen molar-refractivity contribution in [2.45, 2.75) is 25.4 Å². The smallest absolute Gasteiger partial charge is 0.291 e. The second kappa shape index (κ2) is 7.17. The van der Waals surface area contributed by atoms with Crippen molar-refractivity contribution in [1.82, 2.24) is 4.90 Å². The third-order valence-corrected chi connectivity index (χ3v) is 5.15. The van der Waals surface area contributed by atoms with Gasteiger partial charge in [0.1, 0.15) is 0 Å². The summed E-state index contributed by atoms with van der Waals surface area (Å²) in [5, 5.41) is 4.78. The highest BCUT2D eigenvalue weighted by Gasteiger charge is 2.33. The van der Waals surface area contributed by atoms with Gasteiger partial charge in [0.05, 0.1) is 12.8 Å². The van der Waals surface area contributed by atoms with Gasteiger partial charge in [-0.1, -0.05) is 6.07 Å². The van der Waals surface area contributed by atoms with Crippen molar-refractivity contribution in [3.63, 3.8) is 0 Å². The van der Waals surface area contributed by atoms with Crippen LogP contribution in [-0.4, -0.2) is 22.8 Å². The molecule has 4 rings (SSSR count). The number of benzene rings is 1. The minimum absolute atomic E-state index is 0.0322. The van der Waals surface area contributed by atoms with Gasteiger partial charge in [-0.05, 0) is 60.7 Å². The van der Waals surface area contributed by atoms with Crippen LogP contribution in [0.4, 0.5) is 5.69 Å². The normalized spacial score (nSPS) is 13.4. The van der Waals surface area contributed by atoms with Gasteiger partial charge in [-0.15, -0.1) is 11.3 Å². The summed E-state index contributed by atoms with van der Waals surface area (Å²) in [6, 6.07) is 14.7. The van der Waals surface area contributed by atoms with Gasteiger partial charge in [-0.2, -0.15) is 0 Å². The highest BCUT2D eigenvalue weighted by atomic mass is 32.1. The Balaban J connectivity index is 1.45. The first-order chi connectivity index (χ1) is 12.7. The first-order valence-corrected chi connectivity index (χ1v) is 9.37. The van der Waals surface area contributed by atoms with E-state index < -0.39 is 0 Å². The van der Waals surface area contributed by atoms with E-state index in [1.807, 2.05) is 16.3 Å². The van der Waals surface area contributed by atoms with E-state index in [0.717, 1.165) is 12.8 Å². The molecule has 1 fully saturated rings. The van der Waals surface area contributed by atoms with Gasteiger partial charge in [0, 0.05) is 22.2 Å². The number of amides is 2. The number of thiophene rings is 1. The number of carbonyl (C=O) groups excluding carboxylic acids is 2. The highest BCUT2D eigenvalue weighted by molar-refractivity contribution is 7.09. The van der Waals surface area contributed by atoms with Crippen molar-refractivity contribution in [2.24, 2.45) is 0 Å². The minimum Gasteiger partial charge on any atom is -0.459 e. The van der Waals surface area contributed by atoms with Crippen molar-refractivity contribution in [2.75, 3.05) is 5.32 Å². The number of furan rings is 1. The average Bonchev–Trinajstić information content (AvgIpc) is 3.13. The Morgan fingerprint density at radius 2 is 1.92 bits per heavy atom. The van der Waals surface area contributed by atoms with Gasteiger partial charge in [0.25, 0.3) is 11.8 Å². The van der Waals surface area contributed by atoms with Crippen LogP contribution in [0.3, 0.4) is 0 Å². The molecule has 0 unspecified atom stereocenters. The fourth-order valence-corrected chi connectivity index (χ4v) is 3.49. The van der Waals surface area contributed by atoms with Crippen LogP contribution in [0.25, 0.3) is 0 Å². The van der Waals surface area contributed by atoms with Crippen LogP contribution in [0.5, 0.6) is 0 Å². The van der Waals surface area contributed by atoms with Crippen molar-refractivity contribution in [3.8, 4) is 0 Å². The second-order valence-corrected chi connectivity index (χ2v) is 7.28. The fraction of sp³-hybridized carbons (Fsp3) is 0.200. The zero-order valence-electron chi connectivity index (χ0n) is 14.1. The standard InChI is InChI=1S/C20H18N2O3S/c23-19(18-4-1-11-25-18)21-15-7-5-14(6-8-15)20(24)22(16-9-10-16)13-17-3-2-12-26-17/h1-8,11-12,16H,9-10,13H2,(H,21,23). The Labute approximate surface area is 155 Å². The summed E-state index contributed by atoms with van der Waals surface area (Å²) in [6.45, 7) is 0.651. The molecule has 0 spiro atoms. The highest BCUT2D eigenvalue weighted by Crippen LogP contribution is 2.30. The number of nitrogens with zero attached hydrogens (tertiary/aromatic N) is 1. The lowest BCUT2D eigenvalue weighted by Crippen LogP contribution is -2.32. The van der Waals surface area contributed by atoms with Crippen LogP contribution in [-0.2, 0) is 6.54 Å². The van der Waals surface area contributed by atoms with Gasteiger partial charge in [-0.3, -0.25) is 9.59 Å². The Hall–Kier alpha value is -2.86. The van der Waals surface area contributed by atoms with Crippen LogP contribution in [0.15, 0.2) is 64.6 Å². The molecule has 1 saturated carbocycles. The molecule has 0 aliphatic heterocycles. The summed E-state index contributed by atoms with van der Waals surface area (Å²) in [5.74, 6) is -0.0304. The SMILES string of the molecule is O=C(Nc1ccc(C(=O)N(Cc2cccs2)C2CC2)cc1)c1ccco1. The van der Waals surface area contributed by atoms with Crippen LogP contribution in [0.2, 0.25) is 0 Å². The largest absolute Gasteiger partial charge is 0.459 e. The molecule has 132 valence electrons. The molecule has 6 heteroatoms. The molecular weight excluding hydrogens is 348 g/mol. The topological polar surface area (TPSA) is 62.6 Å². The number of hydrogen-bond acceptors (Lipinski definition) is 4. The van der Waals surface area contributed by atoms with Gasteiger partial charge < -0.3 is 14.6 Å². The lowest BCUT2D eigenvalue weighted by molar-refractivity contribution is 0.0731. The summed E-state index contributed by atoms with van der Waals surface area (Å²) >= 11 is 1.67. The molecule has 1 N–H and O–H groups in total. The molecule has 26 heavy (non-hydrogen) atoms. The number of nitrogens with one attached hydrogen (secondary N) is 1. The lowest BCUT2D eigenvalue weighted by Gasteiger charge is -2.22. The molecule has 0 atom stereocenters. The first kappa shape index (κ1) is 16.6. The van der Waals surface area contributed by atoms with Gasteiger partial charge in [-0.25, -0.2) is 0 Å². The van der Waals surface area contributed by atoms with Crippen LogP contribution < -0.4 is 5.32 Å².